The largest absolute Gasteiger partial charge is 0.344 e. The molecule has 0 saturated carbocycles. The number of fused-ring (bicyclic) bond motifs is 1. The summed E-state index contributed by atoms with van der Waals surface area (Å²) in [5.41, 5.74) is 3.75. The zero-order chi connectivity index (χ0) is 22.2. The van der Waals surface area contributed by atoms with Crippen LogP contribution in [0, 0.1) is 16.7 Å². The summed E-state index contributed by atoms with van der Waals surface area (Å²) in [5, 5.41) is 16.8. The van der Waals surface area contributed by atoms with Crippen molar-refractivity contribution in [2.24, 2.45) is 5.41 Å². The predicted octanol–water partition coefficient (Wildman–Crippen LogP) is 4.39. The average Bonchev–Trinajstić information content (AvgIpc) is 3.13. The third-order valence-electron chi connectivity index (χ3n) is 5.61. The molecule has 0 fully saturated rings. The monoisotopic (exact) mass is 412 g/mol. The first-order valence-corrected chi connectivity index (χ1v) is 10.3. The second-order valence-corrected chi connectivity index (χ2v) is 8.78. The van der Waals surface area contributed by atoms with Crippen LogP contribution in [-0.4, -0.2) is 21.5 Å². The van der Waals surface area contributed by atoms with Gasteiger partial charge in [-0.3, -0.25) is 9.59 Å². The lowest BCUT2D eigenvalue weighted by molar-refractivity contribution is 0.0900. The number of ketones is 1. The van der Waals surface area contributed by atoms with E-state index in [9.17, 15) is 9.59 Å². The van der Waals surface area contributed by atoms with Gasteiger partial charge in [-0.1, -0.05) is 32.0 Å². The lowest BCUT2D eigenvalue weighted by atomic mass is 9.75. The quantitative estimate of drug-likeness (QED) is 0.688. The third-order valence-corrected chi connectivity index (χ3v) is 5.61. The molecule has 1 amide bonds. The van der Waals surface area contributed by atoms with Crippen LogP contribution in [0.3, 0.4) is 0 Å². The van der Waals surface area contributed by atoms with E-state index < -0.39 is 6.04 Å². The maximum atomic E-state index is 13.1. The van der Waals surface area contributed by atoms with Gasteiger partial charge < -0.3 is 5.32 Å². The van der Waals surface area contributed by atoms with E-state index in [-0.39, 0.29) is 17.1 Å². The molecule has 1 aliphatic rings. The Morgan fingerprint density at radius 3 is 2.45 bits per heavy atom. The number of nitriles is 1. The van der Waals surface area contributed by atoms with Gasteiger partial charge in [0.25, 0.3) is 5.91 Å². The molecule has 0 saturated heterocycles. The molecule has 156 valence electrons. The van der Waals surface area contributed by atoms with Crippen LogP contribution in [-0.2, 0) is 6.42 Å². The van der Waals surface area contributed by atoms with Gasteiger partial charge in [0.1, 0.15) is 0 Å². The van der Waals surface area contributed by atoms with Crippen LogP contribution >= 0.6 is 0 Å². The number of carbonyl (C=O) groups is 2. The van der Waals surface area contributed by atoms with Crippen molar-refractivity contribution in [3.8, 4) is 11.8 Å². The molecule has 3 aromatic rings. The lowest BCUT2D eigenvalue weighted by Gasteiger charge is -2.29. The van der Waals surface area contributed by atoms with E-state index in [1.54, 1.807) is 28.9 Å². The standard InChI is InChI=1S/C25H24N4O2/c1-16(27-24(31)18-7-5-4-6-8-18)23-22-20(13-25(2,3)14-21(22)30)29(28-23)19-11-9-17(15-26)10-12-19/h4-12,16H,13-14H2,1-3H3,(H,27,31). The molecule has 1 heterocycles. The van der Waals surface area contributed by atoms with E-state index in [1.165, 1.54) is 0 Å². The van der Waals surface area contributed by atoms with E-state index in [0.29, 0.717) is 35.2 Å². The van der Waals surface area contributed by atoms with Gasteiger partial charge in [0.05, 0.1) is 40.3 Å². The minimum Gasteiger partial charge on any atom is -0.344 e. The van der Waals surface area contributed by atoms with Crippen LogP contribution in [0.1, 0.15) is 70.9 Å². The summed E-state index contributed by atoms with van der Waals surface area (Å²) in [6.45, 7) is 5.99. The van der Waals surface area contributed by atoms with Crippen LogP contribution in [0.25, 0.3) is 5.69 Å². The number of hydrogen-bond acceptors (Lipinski definition) is 4. The Morgan fingerprint density at radius 2 is 1.81 bits per heavy atom. The van der Waals surface area contributed by atoms with E-state index in [4.69, 9.17) is 10.4 Å². The zero-order valence-electron chi connectivity index (χ0n) is 17.8. The highest BCUT2D eigenvalue weighted by Gasteiger charge is 2.38. The Kier molecular flexibility index (Phi) is 5.20. The fraction of sp³-hybridized carbons (Fsp3) is 0.280. The van der Waals surface area contributed by atoms with Gasteiger partial charge >= 0.3 is 0 Å². The van der Waals surface area contributed by atoms with Crippen molar-refractivity contribution in [1.82, 2.24) is 15.1 Å². The molecule has 6 heteroatoms. The van der Waals surface area contributed by atoms with Crippen LogP contribution in [0.4, 0.5) is 0 Å². The molecule has 1 aromatic heterocycles. The third kappa shape index (κ3) is 3.99. The van der Waals surface area contributed by atoms with Crippen LogP contribution in [0.15, 0.2) is 54.6 Å². The normalized spacial score (nSPS) is 15.6. The number of benzene rings is 2. The highest BCUT2D eigenvalue weighted by atomic mass is 16.1. The summed E-state index contributed by atoms with van der Waals surface area (Å²) >= 11 is 0. The molecule has 1 N–H and O–H groups in total. The highest BCUT2D eigenvalue weighted by Crippen LogP contribution is 2.38. The van der Waals surface area contributed by atoms with Crippen LogP contribution in [0.5, 0.6) is 0 Å². The van der Waals surface area contributed by atoms with Crippen molar-refractivity contribution in [2.75, 3.05) is 0 Å². The second kappa shape index (κ2) is 7.84. The van der Waals surface area contributed by atoms with E-state index >= 15 is 0 Å². The van der Waals surface area contributed by atoms with Crippen molar-refractivity contribution in [2.45, 2.75) is 39.7 Å². The van der Waals surface area contributed by atoms with E-state index in [2.05, 4.69) is 25.2 Å². The van der Waals surface area contributed by atoms with Crippen molar-refractivity contribution in [3.05, 3.63) is 82.7 Å². The summed E-state index contributed by atoms with van der Waals surface area (Å²) in [5.74, 6) is -0.166. The molecule has 1 aliphatic carbocycles. The molecule has 2 aromatic carbocycles. The molecule has 0 aliphatic heterocycles. The summed E-state index contributed by atoms with van der Waals surface area (Å²) in [7, 11) is 0. The first kappa shape index (κ1) is 20.5. The molecule has 0 radical (unpaired) electrons. The molecule has 1 unspecified atom stereocenters. The summed E-state index contributed by atoms with van der Waals surface area (Å²) in [6.07, 6.45) is 1.13. The fourth-order valence-electron chi connectivity index (χ4n) is 4.11. The summed E-state index contributed by atoms with van der Waals surface area (Å²) < 4.78 is 1.79. The Bertz CT molecular complexity index is 1180. The van der Waals surface area contributed by atoms with Crippen molar-refractivity contribution in [3.63, 3.8) is 0 Å². The molecule has 4 rings (SSSR count). The Hall–Kier alpha value is -3.72. The number of Topliss-reactive ketones (excluding diaryl/α,β-unsaturated/α-hetero) is 1. The number of aromatic nitrogens is 2. The summed E-state index contributed by atoms with van der Waals surface area (Å²) in [6, 6.07) is 17.8. The SMILES string of the molecule is CC(NC(=O)c1ccccc1)c1nn(-c2ccc(C#N)cc2)c2c1C(=O)CC(C)(C)C2. The minimum absolute atomic E-state index is 0.0435. The summed E-state index contributed by atoms with van der Waals surface area (Å²) in [4.78, 5) is 25.8. The van der Waals surface area contributed by atoms with Crippen molar-refractivity contribution < 1.29 is 9.59 Å². The van der Waals surface area contributed by atoms with Crippen LogP contribution < -0.4 is 5.32 Å². The molecular formula is C25H24N4O2. The highest BCUT2D eigenvalue weighted by molar-refractivity contribution is 6.00. The number of nitrogens with one attached hydrogen (secondary N) is 1. The molecule has 0 bridgehead atoms. The van der Waals surface area contributed by atoms with Gasteiger partial charge in [-0.25, -0.2) is 4.68 Å². The fourth-order valence-corrected chi connectivity index (χ4v) is 4.11. The van der Waals surface area contributed by atoms with Gasteiger partial charge in [0.15, 0.2) is 5.78 Å². The van der Waals surface area contributed by atoms with Gasteiger partial charge in [-0.2, -0.15) is 10.4 Å². The van der Waals surface area contributed by atoms with Crippen molar-refractivity contribution in [1.29, 1.82) is 5.26 Å². The van der Waals surface area contributed by atoms with Gasteiger partial charge in [0, 0.05) is 12.0 Å². The number of nitrogens with zero attached hydrogens (tertiary/aromatic N) is 3. The molecule has 1 atom stereocenters. The first-order chi connectivity index (χ1) is 14.8. The molecule has 31 heavy (non-hydrogen) atoms. The first-order valence-electron chi connectivity index (χ1n) is 10.3. The van der Waals surface area contributed by atoms with Crippen LogP contribution in [0.2, 0.25) is 0 Å². The maximum absolute atomic E-state index is 13.1. The minimum atomic E-state index is -0.439. The van der Waals surface area contributed by atoms with Gasteiger partial charge in [0.2, 0.25) is 0 Å². The second-order valence-electron chi connectivity index (χ2n) is 8.78. The Balaban J connectivity index is 1.76. The molecular weight excluding hydrogens is 388 g/mol. The average molecular weight is 412 g/mol. The maximum Gasteiger partial charge on any atom is 0.251 e. The predicted molar refractivity (Wildman–Crippen MR) is 117 cm³/mol. The molecule has 6 nitrogen and oxygen atoms in total. The van der Waals surface area contributed by atoms with Gasteiger partial charge in [-0.05, 0) is 55.2 Å². The number of amides is 1. The molecule has 0 spiro atoms. The number of hydrogen-bond donors (Lipinski definition) is 1. The van der Waals surface area contributed by atoms with E-state index in [0.717, 1.165) is 11.4 Å². The van der Waals surface area contributed by atoms with Crippen molar-refractivity contribution >= 4 is 11.7 Å². The topological polar surface area (TPSA) is 87.8 Å². The number of carbonyl (C=O) groups excluding carboxylic acids is 2. The smallest absolute Gasteiger partial charge is 0.251 e. The number of rotatable bonds is 4. The lowest BCUT2D eigenvalue weighted by Crippen LogP contribution is -2.30. The van der Waals surface area contributed by atoms with E-state index in [1.807, 2.05) is 37.3 Å². The Labute approximate surface area is 181 Å². The zero-order valence-corrected chi connectivity index (χ0v) is 17.8. The Morgan fingerprint density at radius 1 is 1.13 bits per heavy atom. The van der Waals surface area contributed by atoms with Gasteiger partial charge in [-0.15, -0.1) is 0 Å².